The third kappa shape index (κ3) is 4.24. The zero-order chi connectivity index (χ0) is 13.7. The van der Waals surface area contributed by atoms with E-state index in [0.29, 0.717) is 0 Å². The van der Waals surface area contributed by atoms with Crippen molar-refractivity contribution < 1.29 is 20.4 Å². The van der Waals surface area contributed by atoms with E-state index in [1.165, 1.54) is 36.4 Å². The molecule has 0 heterocycles. The molecule has 6 heteroatoms. The molecule has 0 fully saturated rings. The van der Waals surface area contributed by atoms with Gasteiger partial charge in [-0.1, -0.05) is 23.2 Å². The summed E-state index contributed by atoms with van der Waals surface area (Å²) in [6.07, 6.45) is 0. The molecule has 0 atom stereocenters. The zero-order valence-electron chi connectivity index (χ0n) is 9.01. The van der Waals surface area contributed by atoms with Gasteiger partial charge in [-0.05, 0) is 24.3 Å². The molecule has 96 valence electrons. The Morgan fingerprint density at radius 2 is 0.944 bits per heavy atom. The SMILES string of the molecule is Oc1ccc(O)c(Cl)c1.Oc1ccc(O)c(Cl)c1. The molecule has 4 N–H and O–H groups in total. The van der Waals surface area contributed by atoms with Crippen LogP contribution in [0.2, 0.25) is 10.0 Å². The monoisotopic (exact) mass is 288 g/mol. The van der Waals surface area contributed by atoms with Crippen LogP contribution in [0.15, 0.2) is 36.4 Å². The molecule has 0 aliphatic rings. The van der Waals surface area contributed by atoms with Crippen LogP contribution in [0, 0.1) is 0 Å². The van der Waals surface area contributed by atoms with Crippen molar-refractivity contribution in [2.24, 2.45) is 0 Å². The average Bonchev–Trinajstić information content (AvgIpc) is 2.30. The van der Waals surface area contributed by atoms with Gasteiger partial charge in [-0.2, -0.15) is 0 Å². The highest BCUT2D eigenvalue weighted by Gasteiger charge is 1.96. The van der Waals surface area contributed by atoms with E-state index in [-0.39, 0.29) is 33.0 Å². The Bertz CT molecular complexity index is 494. The Morgan fingerprint density at radius 1 is 0.611 bits per heavy atom. The van der Waals surface area contributed by atoms with Crippen molar-refractivity contribution in [3.8, 4) is 23.0 Å². The van der Waals surface area contributed by atoms with Crippen LogP contribution in [0.3, 0.4) is 0 Å². The predicted octanol–water partition coefficient (Wildman–Crippen LogP) is 3.50. The fourth-order valence-corrected chi connectivity index (χ4v) is 1.34. The molecule has 2 aromatic carbocycles. The molecule has 0 unspecified atom stereocenters. The molecule has 0 bridgehead atoms. The minimum atomic E-state index is -0.0190. The molecule has 0 radical (unpaired) electrons. The first-order chi connectivity index (χ1) is 8.40. The Labute approximate surface area is 113 Å². The first kappa shape index (κ1) is 14.3. The molecule has 0 saturated carbocycles. The molecule has 0 aromatic heterocycles. The number of hydrogen-bond donors (Lipinski definition) is 4. The normalized spacial score (nSPS) is 9.44. The van der Waals surface area contributed by atoms with Gasteiger partial charge in [0, 0.05) is 12.1 Å². The Hall–Kier alpha value is -1.78. The van der Waals surface area contributed by atoms with Gasteiger partial charge in [0.1, 0.15) is 23.0 Å². The Kier molecular flexibility index (Phi) is 4.95. The average molecular weight is 289 g/mol. The summed E-state index contributed by atoms with van der Waals surface area (Å²) in [5.41, 5.74) is 0. The zero-order valence-corrected chi connectivity index (χ0v) is 10.5. The van der Waals surface area contributed by atoms with Gasteiger partial charge in [-0.3, -0.25) is 0 Å². The second-order valence-electron chi connectivity index (χ2n) is 3.27. The third-order valence-corrected chi connectivity index (χ3v) is 2.47. The lowest BCUT2D eigenvalue weighted by Gasteiger charge is -1.94. The van der Waals surface area contributed by atoms with Gasteiger partial charge in [0.05, 0.1) is 10.0 Å². The van der Waals surface area contributed by atoms with Crippen molar-refractivity contribution in [2.45, 2.75) is 0 Å². The number of benzene rings is 2. The van der Waals surface area contributed by atoms with Crippen LogP contribution in [0.1, 0.15) is 0 Å². The lowest BCUT2D eigenvalue weighted by molar-refractivity contribution is 0.460. The minimum Gasteiger partial charge on any atom is -0.508 e. The Balaban J connectivity index is 0.000000180. The van der Waals surface area contributed by atoms with Crippen LogP contribution in [-0.2, 0) is 0 Å². The van der Waals surface area contributed by atoms with E-state index in [4.69, 9.17) is 43.6 Å². The standard InChI is InChI=1S/2C6H5ClO2/c2*7-5-3-4(8)1-2-6(5)9/h2*1-3,8-9H. The molecule has 2 rings (SSSR count). The summed E-state index contributed by atoms with van der Waals surface area (Å²) in [5.74, 6) is 0.0690. The molecular weight excluding hydrogens is 279 g/mol. The predicted molar refractivity (Wildman–Crippen MR) is 69.6 cm³/mol. The summed E-state index contributed by atoms with van der Waals surface area (Å²) >= 11 is 10.8. The molecule has 0 amide bonds. The summed E-state index contributed by atoms with van der Waals surface area (Å²) < 4.78 is 0. The molecule has 0 aliphatic carbocycles. The number of phenolic OH excluding ortho intramolecular Hbond substituents is 4. The molecule has 0 spiro atoms. The van der Waals surface area contributed by atoms with Crippen molar-refractivity contribution in [3.05, 3.63) is 46.4 Å². The minimum absolute atomic E-state index is 0.0190. The van der Waals surface area contributed by atoms with Crippen LogP contribution in [0.4, 0.5) is 0 Å². The Morgan fingerprint density at radius 3 is 1.17 bits per heavy atom. The highest BCUT2D eigenvalue weighted by Crippen LogP contribution is 2.26. The van der Waals surface area contributed by atoms with Crippen LogP contribution >= 0.6 is 23.2 Å². The smallest absolute Gasteiger partial charge is 0.134 e. The summed E-state index contributed by atoms with van der Waals surface area (Å²) in [7, 11) is 0. The van der Waals surface area contributed by atoms with Gasteiger partial charge < -0.3 is 20.4 Å². The highest BCUT2D eigenvalue weighted by atomic mass is 35.5. The van der Waals surface area contributed by atoms with Gasteiger partial charge in [0.15, 0.2) is 0 Å². The lowest BCUT2D eigenvalue weighted by atomic mass is 10.3. The summed E-state index contributed by atoms with van der Waals surface area (Å²) in [5, 5.41) is 35.4. The van der Waals surface area contributed by atoms with Crippen molar-refractivity contribution in [3.63, 3.8) is 0 Å². The highest BCUT2D eigenvalue weighted by molar-refractivity contribution is 6.32. The van der Waals surface area contributed by atoms with Crippen LogP contribution in [-0.4, -0.2) is 20.4 Å². The van der Waals surface area contributed by atoms with Crippen LogP contribution in [0.25, 0.3) is 0 Å². The van der Waals surface area contributed by atoms with E-state index in [9.17, 15) is 0 Å². The molecule has 0 saturated heterocycles. The third-order valence-electron chi connectivity index (χ3n) is 1.86. The van der Waals surface area contributed by atoms with E-state index in [1.807, 2.05) is 0 Å². The van der Waals surface area contributed by atoms with E-state index >= 15 is 0 Å². The van der Waals surface area contributed by atoms with Gasteiger partial charge >= 0.3 is 0 Å². The molecule has 2 aromatic rings. The summed E-state index contributed by atoms with van der Waals surface area (Å²) in [4.78, 5) is 0. The lowest BCUT2D eigenvalue weighted by Crippen LogP contribution is -1.66. The van der Waals surface area contributed by atoms with Crippen LogP contribution in [0.5, 0.6) is 23.0 Å². The van der Waals surface area contributed by atoms with Gasteiger partial charge in [0.25, 0.3) is 0 Å². The maximum Gasteiger partial charge on any atom is 0.134 e. The number of aromatic hydroxyl groups is 4. The largest absolute Gasteiger partial charge is 0.508 e. The van der Waals surface area contributed by atoms with Crippen molar-refractivity contribution in [1.82, 2.24) is 0 Å². The summed E-state index contributed by atoms with van der Waals surface area (Å²) in [6, 6.07) is 7.94. The van der Waals surface area contributed by atoms with E-state index in [1.54, 1.807) is 0 Å². The van der Waals surface area contributed by atoms with Crippen molar-refractivity contribution >= 4 is 23.2 Å². The second kappa shape index (κ2) is 6.23. The van der Waals surface area contributed by atoms with Crippen LogP contribution < -0.4 is 0 Å². The number of halogens is 2. The van der Waals surface area contributed by atoms with Crippen molar-refractivity contribution in [2.75, 3.05) is 0 Å². The molecule has 0 aliphatic heterocycles. The van der Waals surface area contributed by atoms with E-state index < -0.39 is 0 Å². The second-order valence-corrected chi connectivity index (χ2v) is 4.09. The maximum absolute atomic E-state index is 8.80. The number of hydrogen-bond acceptors (Lipinski definition) is 4. The fraction of sp³-hybridized carbons (Fsp3) is 0. The quantitative estimate of drug-likeness (QED) is 0.559. The topological polar surface area (TPSA) is 80.9 Å². The number of rotatable bonds is 0. The fourth-order valence-electron chi connectivity index (χ4n) is 0.992. The summed E-state index contributed by atoms with van der Waals surface area (Å²) in [6.45, 7) is 0. The first-order valence-corrected chi connectivity index (χ1v) is 5.50. The number of phenols is 4. The maximum atomic E-state index is 8.80. The van der Waals surface area contributed by atoms with Gasteiger partial charge in [-0.15, -0.1) is 0 Å². The van der Waals surface area contributed by atoms with Gasteiger partial charge in [-0.25, -0.2) is 0 Å². The van der Waals surface area contributed by atoms with E-state index in [2.05, 4.69) is 0 Å². The molecular formula is C12H10Cl2O4. The van der Waals surface area contributed by atoms with Crippen molar-refractivity contribution in [1.29, 1.82) is 0 Å². The molecule has 18 heavy (non-hydrogen) atoms. The molecule has 4 nitrogen and oxygen atoms in total. The first-order valence-electron chi connectivity index (χ1n) is 4.75. The van der Waals surface area contributed by atoms with E-state index in [0.717, 1.165) is 0 Å². The van der Waals surface area contributed by atoms with Gasteiger partial charge in [0.2, 0.25) is 0 Å².